The molecule has 0 fully saturated rings. The Hall–Kier alpha value is -1.62. The predicted molar refractivity (Wildman–Crippen MR) is 63.7 cm³/mol. The van der Waals surface area contributed by atoms with E-state index < -0.39 is 0 Å². The van der Waals surface area contributed by atoms with Gasteiger partial charge in [-0.1, -0.05) is 15.9 Å². The molecule has 5 heteroatoms. The van der Waals surface area contributed by atoms with Crippen molar-refractivity contribution in [1.82, 2.24) is 10.2 Å². The quantitative estimate of drug-likeness (QED) is 0.880. The largest absolute Gasteiger partial charge is 0.496 e. The number of carbonyl (C=O) groups excluding carboxylic acids is 1. The molecule has 0 aliphatic rings. The highest BCUT2D eigenvalue weighted by Gasteiger charge is 2.12. The van der Waals surface area contributed by atoms with Crippen molar-refractivity contribution in [1.29, 1.82) is 0 Å². The van der Waals surface area contributed by atoms with Crippen molar-refractivity contribution in [2.75, 3.05) is 7.11 Å². The van der Waals surface area contributed by atoms with Gasteiger partial charge in [-0.15, -0.1) is 0 Å². The number of nitrogens with one attached hydrogen (secondary N) is 1. The Morgan fingerprint density at radius 1 is 1.50 bits per heavy atom. The second-order valence-corrected chi connectivity index (χ2v) is 4.08. The summed E-state index contributed by atoms with van der Waals surface area (Å²) in [5.74, 6) is 0.690. The molecule has 4 nitrogen and oxygen atoms in total. The van der Waals surface area contributed by atoms with Gasteiger partial charge >= 0.3 is 0 Å². The van der Waals surface area contributed by atoms with Crippen LogP contribution in [0.2, 0.25) is 0 Å². The van der Waals surface area contributed by atoms with Gasteiger partial charge in [0, 0.05) is 10.0 Å². The van der Waals surface area contributed by atoms with E-state index >= 15 is 0 Å². The predicted octanol–water partition coefficient (Wildman–Crippen LogP) is 2.66. The third-order valence-electron chi connectivity index (χ3n) is 2.23. The molecule has 1 N–H and O–H groups in total. The number of aldehydes is 1. The van der Waals surface area contributed by atoms with Gasteiger partial charge in [0.15, 0.2) is 6.29 Å². The van der Waals surface area contributed by atoms with E-state index in [1.54, 1.807) is 7.11 Å². The van der Waals surface area contributed by atoms with Crippen molar-refractivity contribution in [2.45, 2.75) is 0 Å². The maximum absolute atomic E-state index is 10.8. The lowest BCUT2D eigenvalue weighted by Crippen LogP contribution is -1.90. The summed E-state index contributed by atoms with van der Waals surface area (Å²) in [5, 5.41) is 6.64. The van der Waals surface area contributed by atoms with Gasteiger partial charge in [0.25, 0.3) is 0 Å². The van der Waals surface area contributed by atoms with Crippen LogP contribution in [0.5, 0.6) is 5.75 Å². The summed E-state index contributed by atoms with van der Waals surface area (Å²) in [7, 11) is 1.59. The number of ether oxygens (including phenoxy) is 1. The molecule has 0 bridgehead atoms. The fraction of sp³-hybridized carbons (Fsp3) is 0.0909. The average Bonchev–Trinajstić information content (AvgIpc) is 2.76. The zero-order valence-corrected chi connectivity index (χ0v) is 10.1. The number of aromatic amines is 1. The molecule has 0 atom stereocenters. The summed E-state index contributed by atoms with van der Waals surface area (Å²) in [6.45, 7) is 0. The molecular weight excluding hydrogens is 272 g/mol. The lowest BCUT2D eigenvalue weighted by atomic mass is 10.1. The van der Waals surface area contributed by atoms with Crippen LogP contribution in [0.15, 0.2) is 28.9 Å². The summed E-state index contributed by atoms with van der Waals surface area (Å²) >= 11 is 3.38. The number of halogens is 1. The van der Waals surface area contributed by atoms with Gasteiger partial charge < -0.3 is 4.74 Å². The molecular formula is C11H9BrN2O2. The van der Waals surface area contributed by atoms with Gasteiger partial charge in [-0.2, -0.15) is 5.10 Å². The standard InChI is InChI=1S/C11H9BrN2O2/c1-16-10-3-2-8(12)4-9(10)11-7(6-15)5-13-14-11/h2-6H,1H3,(H,13,14). The molecule has 0 spiro atoms. The minimum absolute atomic E-state index is 0.511. The van der Waals surface area contributed by atoms with E-state index in [1.165, 1.54) is 6.20 Å². The first-order valence-electron chi connectivity index (χ1n) is 4.58. The Bertz CT molecular complexity index is 522. The molecule has 0 aliphatic carbocycles. The molecule has 1 aromatic carbocycles. The van der Waals surface area contributed by atoms with Gasteiger partial charge in [0.2, 0.25) is 0 Å². The number of hydrogen-bond acceptors (Lipinski definition) is 3. The van der Waals surface area contributed by atoms with Gasteiger partial charge in [0.05, 0.1) is 24.6 Å². The zero-order chi connectivity index (χ0) is 11.5. The van der Waals surface area contributed by atoms with Crippen molar-refractivity contribution in [3.63, 3.8) is 0 Å². The first kappa shape index (κ1) is 10.9. The van der Waals surface area contributed by atoms with Crippen LogP contribution in [0.4, 0.5) is 0 Å². The Labute approximate surface area is 101 Å². The Morgan fingerprint density at radius 3 is 3.00 bits per heavy atom. The highest BCUT2D eigenvalue weighted by Crippen LogP contribution is 2.32. The lowest BCUT2D eigenvalue weighted by Gasteiger charge is -2.07. The third kappa shape index (κ3) is 1.86. The normalized spacial score (nSPS) is 10.1. The molecule has 0 amide bonds. The van der Waals surface area contributed by atoms with Crippen molar-refractivity contribution >= 4 is 22.2 Å². The van der Waals surface area contributed by atoms with Gasteiger partial charge in [-0.3, -0.25) is 9.89 Å². The second-order valence-electron chi connectivity index (χ2n) is 3.16. The molecule has 0 saturated heterocycles. The Morgan fingerprint density at radius 2 is 2.31 bits per heavy atom. The molecule has 2 aromatic rings. The van der Waals surface area contributed by atoms with Crippen LogP contribution >= 0.6 is 15.9 Å². The summed E-state index contributed by atoms with van der Waals surface area (Å²) in [4.78, 5) is 10.8. The molecule has 2 rings (SSSR count). The highest BCUT2D eigenvalue weighted by molar-refractivity contribution is 9.10. The van der Waals surface area contributed by atoms with E-state index in [-0.39, 0.29) is 0 Å². The first-order valence-corrected chi connectivity index (χ1v) is 5.38. The zero-order valence-electron chi connectivity index (χ0n) is 8.53. The van der Waals surface area contributed by atoms with Crippen LogP contribution in [-0.4, -0.2) is 23.6 Å². The number of aromatic nitrogens is 2. The molecule has 0 saturated carbocycles. The summed E-state index contributed by atoms with van der Waals surface area (Å²) in [6.07, 6.45) is 2.25. The number of methoxy groups -OCH3 is 1. The van der Waals surface area contributed by atoms with Crippen LogP contribution < -0.4 is 4.74 Å². The Balaban J connectivity index is 2.62. The summed E-state index contributed by atoms with van der Waals surface area (Å²) < 4.78 is 6.15. The van der Waals surface area contributed by atoms with Crippen molar-refractivity contribution in [3.8, 4) is 17.0 Å². The molecule has 0 unspecified atom stereocenters. The van der Waals surface area contributed by atoms with Crippen LogP contribution in [-0.2, 0) is 0 Å². The monoisotopic (exact) mass is 280 g/mol. The molecule has 0 aliphatic heterocycles. The van der Waals surface area contributed by atoms with Crippen LogP contribution in [0.25, 0.3) is 11.3 Å². The van der Waals surface area contributed by atoms with Crippen molar-refractivity contribution < 1.29 is 9.53 Å². The molecule has 1 heterocycles. The van der Waals surface area contributed by atoms with Gasteiger partial charge in [-0.25, -0.2) is 0 Å². The number of rotatable bonds is 3. The SMILES string of the molecule is COc1ccc(Br)cc1-c1[nH]ncc1C=O. The lowest BCUT2D eigenvalue weighted by molar-refractivity contribution is 0.112. The van der Waals surface area contributed by atoms with Crippen LogP contribution in [0, 0.1) is 0 Å². The molecule has 16 heavy (non-hydrogen) atoms. The number of hydrogen-bond donors (Lipinski definition) is 1. The minimum Gasteiger partial charge on any atom is -0.496 e. The number of H-pyrrole nitrogens is 1. The van der Waals surface area contributed by atoms with Crippen LogP contribution in [0.3, 0.4) is 0 Å². The topological polar surface area (TPSA) is 55.0 Å². The molecule has 82 valence electrons. The number of benzene rings is 1. The fourth-order valence-corrected chi connectivity index (χ4v) is 1.84. The van der Waals surface area contributed by atoms with Crippen molar-refractivity contribution in [3.05, 3.63) is 34.4 Å². The fourth-order valence-electron chi connectivity index (χ4n) is 1.48. The summed E-state index contributed by atoms with van der Waals surface area (Å²) in [6, 6.07) is 5.58. The highest BCUT2D eigenvalue weighted by atomic mass is 79.9. The van der Waals surface area contributed by atoms with E-state index in [0.29, 0.717) is 17.0 Å². The van der Waals surface area contributed by atoms with E-state index in [4.69, 9.17) is 4.74 Å². The maximum atomic E-state index is 10.8. The molecule has 0 radical (unpaired) electrons. The second kappa shape index (κ2) is 4.49. The maximum Gasteiger partial charge on any atom is 0.153 e. The van der Waals surface area contributed by atoms with Gasteiger partial charge in [0.1, 0.15) is 5.75 Å². The van der Waals surface area contributed by atoms with Crippen LogP contribution in [0.1, 0.15) is 10.4 Å². The smallest absolute Gasteiger partial charge is 0.153 e. The third-order valence-corrected chi connectivity index (χ3v) is 2.72. The van der Waals surface area contributed by atoms with E-state index in [9.17, 15) is 4.79 Å². The number of nitrogens with zero attached hydrogens (tertiary/aromatic N) is 1. The first-order chi connectivity index (χ1) is 7.76. The van der Waals surface area contributed by atoms with E-state index in [1.807, 2.05) is 18.2 Å². The Kier molecular flexibility index (Phi) is 3.05. The minimum atomic E-state index is 0.511. The van der Waals surface area contributed by atoms with E-state index in [2.05, 4.69) is 26.1 Å². The number of carbonyl (C=O) groups is 1. The summed E-state index contributed by atoms with van der Waals surface area (Å²) in [5.41, 5.74) is 1.97. The average molecular weight is 281 g/mol. The molecule has 1 aromatic heterocycles. The van der Waals surface area contributed by atoms with Gasteiger partial charge in [-0.05, 0) is 18.2 Å². The van der Waals surface area contributed by atoms with E-state index in [0.717, 1.165) is 16.3 Å². The van der Waals surface area contributed by atoms with Crippen molar-refractivity contribution in [2.24, 2.45) is 0 Å².